The maximum atomic E-state index is 12.6. The lowest BCUT2D eigenvalue weighted by molar-refractivity contribution is 0.0944. The van der Waals surface area contributed by atoms with Crippen LogP contribution in [0, 0.1) is 0 Å². The van der Waals surface area contributed by atoms with E-state index >= 15 is 0 Å². The van der Waals surface area contributed by atoms with Gasteiger partial charge in [-0.25, -0.2) is 4.98 Å². The molecular weight excluding hydrogens is 378 g/mol. The molecule has 2 heterocycles. The molecule has 1 amide bonds. The van der Waals surface area contributed by atoms with Gasteiger partial charge < -0.3 is 5.32 Å². The highest BCUT2D eigenvalue weighted by molar-refractivity contribution is 9.10. The molecule has 0 saturated carbocycles. The number of carbonyl (C=O) groups excluding carboxylic acids is 1. The van der Waals surface area contributed by atoms with Crippen LogP contribution in [0.25, 0.3) is 5.65 Å². The number of carbonyl (C=O) groups is 1. The van der Waals surface area contributed by atoms with Gasteiger partial charge in [-0.3, -0.25) is 9.20 Å². The zero-order chi connectivity index (χ0) is 16.4. The zero-order valence-electron chi connectivity index (χ0n) is 12.5. The Morgan fingerprint density at radius 2 is 2.00 bits per heavy atom. The number of rotatable bonds is 4. The van der Waals surface area contributed by atoms with Crippen LogP contribution in [0.4, 0.5) is 0 Å². The third-order valence-corrected chi connectivity index (χ3v) is 4.32. The largest absolute Gasteiger partial charge is 0.347 e. The van der Waals surface area contributed by atoms with Crippen molar-refractivity contribution in [2.75, 3.05) is 0 Å². The zero-order valence-corrected chi connectivity index (χ0v) is 14.9. The summed E-state index contributed by atoms with van der Waals surface area (Å²) in [6.45, 7) is 2.44. The molecule has 1 N–H and O–H groups in total. The minimum absolute atomic E-state index is 0.153. The van der Waals surface area contributed by atoms with Crippen molar-refractivity contribution in [2.24, 2.45) is 0 Å². The molecule has 2 aromatic heterocycles. The quantitative estimate of drug-likeness (QED) is 0.722. The summed E-state index contributed by atoms with van der Waals surface area (Å²) in [7, 11) is 0. The van der Waals surface area contributed by atoms with Gasteiger partial charge in [-0.05, 0) is 36.2 Å². The molecule has 0 unspecified atom stereocenters. The van der Waals surface area contributed by atoms with E-state index < -0.39 is 0 Å². The number of aryl methyl sites for hydroxylation is 1. The summed E-state index contributed by atoms with van der Waals surface area (Å²) < 4.78 is 2.76. The molecule has 118 valence electrons. The summed E-state index contributed by atoms with van der Waals surface area (Å²) in [4.78, 5) is 17.1. The second-order valence-corrected chi connectivity index (χ2v) is 6.50. The monoisotopic (exact) mass is 391 g/mol. The first-order valence-electron chi connectivity index (χ1n) is 7.27. The minimum atomic E-state index is -0.153. The third kappa shape index (κ3) is 3.41. The van der Waals surface area contributed by atoms with E-state index in [1.54, 1.807) is 16.7 Å². The number of hydrogen-bond acceptors (Lipinski definition) is 2. The molecule has 0 spiro atoms. The molecule has 23 heavy (non-hydrogen) atoms. The van der Waals surface area contributed by atoms with E-state index in [1.165, 1.54) is 0 Å². The molecular formula is C17H15BrClN3O. The highest BCUT2D eigenvalue weighted by atomic mass is 79.9. The Hall–Kier alpha value is -1.85. The molecule has 0 aliphatic heterocycles. The van der Waals surface area contributed by atoms with Crippen LogP contribution < -0.4 is 5.32 Å². The van der Waals surface area contributed by atoms with Gasteiger partial charge in [0, 0.05) is 17.2 Å². The molecule has 1 aromatic carbocycles. The lowest BCUT2D eigenvalue weighted by Gasteiger charge is -2.07. The highest BCUT2D eigenvalue weighted by Crippen LogP contribution is 2.17. The van der Waals surface area contributed by atoms with Crippen LogP contribution in [0.5, 0.6) is 0 Å². The Bertz CT molecular complexity index is 858. The van der Waals surface area contributed by atoms with Crippen molar-refractivity contribution in [3.8, 4) is 0 Å². The molecule has 0 atom stereocenters. The Morgan fingerprint density at radius 3 is 2.70 bits per heavy atom. The van der Waals surface area contributed by atoms with E-state index in [0.29, 0.717) is 23.7 Å². The molecule has 0 fully saturated rings. The van der Waals surface area contributed by atoms with E-state index in [0.717, 1.165) is 21.4 Å². The molecule has 0 saturated heterocycles. The fraction of sp³-hybridized carbons (Fsp3) is 0.176. The number of amides is 1. The average molecular weight is 393 g/mol. The number of imidazole rings is 1. The first-order chi connectivity index (χ1) is 11.1. The van der Waals surface area contributed by atoms with Crippen LogP contribution in [0.1, 0.15) is 28.7 Å². The first kappa shape index (κ1) is 16.0. The number of aromatic nitrogens is 2. The number of halogens is 2. The number of benzene rings is 1. The molecule has 0 bridgehead atoms. The van der Waals surface area contributed by atoms with Crippen LogP contribution in [0.3, 0.4) is 0 Å². The summed E-state index contributed by atoms with van der Waals surface area (Å²) in [5.74, 6) is -0.153. The van der Waals surface area contributed by atoms with Gasteiger partial charge in [-0.2, -0.15) is 0 Å². The Balaban J connectivity index is 1.87. The molecule has 3 aromatic rings. The molecule has 0 aliphatic carbocycles. The van der Waals surface area contributed by atoms with Crippen molar-refractivity contribution in [3.63, 3.8) is 0 Å². The molecule has 4 nitrogen and oxygen atoms in total. The third-order valence-electron chi connectivity index (χ3n) is 3.57. The van der Waals surface area contributed by atoms with Crippen LogP contribution >= 0.6 is 27.5 Å². The van der Waals surface area contributed by atoms with Gasteiger partial charge >= 0.3 is 0 Å². The number of fused-ring (bicyclic) bond motifs is 1. The fourth-order valence-electron chi connectivity index (χ4n) is 2.42. The Kier molecular flexibility index (Phi) is 4.68. The van der Waals surface area contributed by atoms with Crippen molar-refractivity contribution < 1.29 is 4.79 Å². The minimum Gasteiger partial charge on any atom is -0.347 e. The number of pyridine rings is 1. The van der Waals surface area contributed by atoms with Gasteiger partial charge in [0.1, 0.15) is 11.3 Å². The van der Waals surface area contributed by atoms with E-state index in [2.05, 4.69) is 26.2 Å². The maximum Gasteiger partial charge on any atom is 0.270 e. The highest BCUT2D eigenvalue weighted by Gasteiger charge is 2.18. The van der Waals surface area contributed by atoms with Crippen LogP contribution in [0.15, 0.2) is 47.1 Å². The summed E-state index contributed by atoms with van der Waals surface area (Å²) in [5, 5.41) is 3.52. The maximum absolute atomic E-state index is 12.6. The van der Waals surface area contributed by atoms with Crippen molar-refractivity contribution in [3.05, 3.63) is 69.0 Å². The van der Waals surface area contributed by atoms with Crippen LogP contribution in [-0.2, 0) is 13.0 Å². The molecule has 0 aliphatic rings. The second-order valence-electron chi connectivity index (χ2n) is 5.15. The number of nitrogens with zero attached hydrogens (tertiary/aromatic N) is 2. The van der Waals surface area contributed by atoms with E-state index in [9.17, 15) is 4.79 Å². The molecule has 0 radical (unpaired) electrons. The van der Waals surface area contributed by atoms with Gasteiger partial charge in [0.25, 0.3) is 5.91 Å². The summed E-state index contributed by atoms with van der Waals surface area (Å²) >= 11 is 9.45. The second kappa shape index (κ2) is 6.72. The fourth-order valence-corrected chi connectivity index (χ4v) is 2.85. The van der Waals surface area contributed by atoms with Gasteiger partial charge in [0.15, 0.2) is 0 Å². The molecule has 3 rings (SSSR count). The van der Waals surface area contributed by atoms with Crippen molar-refractivity contribution in [1.29, 1.82) is 0 Å². The predicted molar refractivity (Wildman–Crippen MR) is 94.9 cm³/mol. The molecule has 6 heteroatoms. The summed E-state index contributed by atoms with van der Waals surface area (Å²) in [6.07, 6.45) is 2.40. The first-order valence-corrected chi connectivity index (χ1v) is 8.44. The van der Waals surface area contributed by atoms with Gasteiger partial charge in [0.05, 0.1) is 10.7 Å². The smallest absolute Gasteiger partial charge is 0.270 e. The Morgan fingerprint density at radius 1 is 1.26 bits per heavy atom. The standard InChI is InChI=1S/C17H15BrClN3O/c1-2-14-16(22-10-13(19)7-8-15(22)21-14)17(23)20-9-11-3-5-12(18)6-4-11/h3-8,10H,2,9H2,1H3,(H,20,23). The van der Waals surface area contributed by atoms with Gasteiger partial charge in [-0.1, -0.05) is 46.6 Å². The topological polar surface area (TPSA) is 46.4 Å². The van der Waals surface area contributed by atoms with Crippen LogP contribution in [0.2, 0.25) is 5.02 Å². The van der Waals surface area contributed by atoms with Gasteiger partial charge in [0.2, 0.25) is 0 Å². The normalized spacial score (nSPS) is 10.9. The Labute approximate surface area is 147 Å². The summed E-state index contributed by atoms with van der Waals surface area (Å²) in [6, 6.07) is 11.4. The number of hydrogen-bond donors (Lipinski definition) is 1. The van der Waals surface area contributed by atoms with E-state index in [4.69, 9.17) is 11.6 Å². The van der Waals surface area contributed by atoms with E-state index in [1.807, 2.05) is 37.3 Å². The van der Waals surface area contributed by atoms with Crippen molar-refractivity contribution in [1.82, 2.24) is 14.7 Å². The van der Waals surface area contributed by atoms with E-state index in [-0.39, 0.29) is 5.91 Å². The van der Waals surface area contributed by atoms with Crippen molar-refractivity contribution >= 4 is 39.1 Å². The lowest BCUT2D eigenvalue weighted by atomic mass is 10.2. The average Bonchev–Trinajstić information content (AvgIpc) is 2.91. The van der Waals surface area contributed by atoms with Crippen LogP contribution in [-0.4, -0.2) is 15.3 Å². The SMILES string of the molecule is CCc1nc2ccc(Cl)cn2c1C(=O)NCc1ccc(Br)cc1. The predicted octanol–water partition coefficient (Wildman–Crippen LogP) is 4.24. The number of nitrogens with one attached hydrogen (secondary N) is 1. The lowest BCUT2D eigenvalue weighted by Crippen LogP contribution is -2.25. The van der Waals surface area contributed by atoms with Gasteiger partial charge in [-0.15, -0.1) is 0 Å². The summed E-state index contributed by atoms with van der Waals surface area (Å²) in [5.41, 5.74) is 3.06. The van der Waals surface area contributed by atoms with Crippen molar-refractivity contribution in [2.45, 2.75) is 19.9 Å².